The number of anilines is 1. The van der Waals surface area contributed by atoms with Crippen LogP contribution in [-0.2, 0) is 4.79 Å². The second-order valence-corrected chi connectivity index (χ2v) is 6.38. The molecule has 0 aromatic carbocycles. The van der Waals surface area contributed by atoms with E-state index >= 15 is 0 Å². The minimum atomic E-state index is 0.0879. The van der Waals surface area contributed by atoms with Crippen LogP contribution in [0.3, 0.4) is 0 Å². The highest BCUT2D eigenvalue weighted by atomic mass is 16.2. The lowest BCUT2D eigenvalue weighted by atomic mass is 10.0. The van der Waals surface area contributed by atoms with Crippen molar-refractivity contribution in [3.8, 4) is 0 Å². The minimum absolute atomic E-state index is 0.0879. The van der Waals surface area contributed by atoms with Gasteiger partial charge in [-0.15, -0.1) is 0 Å². The van der Waals surface area contributed by atoms with E-state index < -0.39 is 0 Å². The second-order valence-electron chi connectivity index (χ2n) is 6.38. The summed E-state index contributed by atoms with van der Waals surface area (Å²) in [6.07, 6.45) is 3.56. The Kier molecular flexibility index (Phi) is 5.15. The average molecular weight is 290 g/mol. The summed E-state index contributed by atoms with van der Waals surface area (Å²) in [6.45, 7) is 9.83. The molecular formula is C16H26N4O. The van der Waals surface area contributed by atoms with Gasteiger partial charge in [0, 0.05) is 36.8 Å². The van der Waals surface area contributed by atoms with Crippen molar-refractivity contribution in [2.45, 2.75) is 52.5 Å². The number of piperidine rings is 1. The van der Waals surface area contributed by atoms with Crippen LogP contribution in [0.4, 0.5) is 5.82 Å². The molecule has 21 heavy (non-hydrogen) atoms. The third-order valence-corrected chi connectivity index (χ3v) is 3.93. The summed E-state index contributed by atoms with van der Waals surface area (Å²) in [6, 6.07) is 2.41. The molecule has 5 nitrogen and oxygen atoms in total. The molecule has 1 amide bonds. The Hall–Kier alpha value is -1.65. The summed E-state index contributed by atoms with van der Waals surface area (Å²) >= 11 is 0. The monoisotopic (exact) mass is 290 g/mol. The van der Waals surface area contributed by atoms with Gasteiger partial charge in [-0.2, -0.15) is 0 Å². The molecule has 1 aliphatic rings. The van der Waals surface area contributed by atoms with Gasteiger partial charge in [-0.3, -0.25) is 4.79 Å². The van der Waals surface area contributed by atoms with Crippen LogP contribution in [0, 0.1) is 5.92 Å². The normalized spacial score (nSPS) is 16.6. The molecule has 0 atom stereocenters. The van der Waals surface area contributed by atoms with E-state index in [0.717, 1.165) is 37.4 Å². The highest BCUT2D eigenvalue weighted by molar-refractivity contribution is 5.78. The van der Waals surface area contributed by atoms with Crippen molar-refractivity contribution in [2.24, 2.45) is 5.92 Å². The number of rotatable bonds is 4. The van der Waals surface area contributed by atoms with Crippen molar-refractivity contribution in [1.29, 1.82) is 0 Å². The largest absolute Gasteiger partial charge is 0.367 e. The number of aromatic nitrogens is 2. The first-order chi connectivity index (χ1) is 9.97. The zero-order valence-corrected chi connectivity index (χ0v) is 13.5. The minimum Gasteiger partial charge on any atom is -0.367 e. The smallest absolute Gasteiger partial charge is 0.225 e. The van der Waals surface area contributed by atoms with Gasteiger partial charge in [0.25, 0.3) is 0 Å². The molecule has 0 saturated carbocycles. The Labute approximate surface area is 127 Å². The summed E-state index contributed by atoms with van der Waals surface area (Å²) < 4.78 is 0. The maximum absolute atomic E-state index is 12.0. The summed E-state index contributed by atoms with van der Waals surface area (Å²) in [5.74, 6) is 1.64. The van der Waals surface area contributed by atoms with Crippen LogP contribution >= 0.6 is 0 Å². The first-order valence-corrected chi connectivity index (χ1v) is 7.84. The molecule has 0 spiro atoms. The fourth-order valence-corrected chi connectivity index (χ4v) is 2.59. The van der Waals surface area contributed by atoms with Crippen molar-refractivity contribution in [2.75, 3.05) is 18.4 Å². The fourth-order valence-electron chi connectivity index (χ4n) is 2.59. The van der Waals surface area contributed by atoms with Gasteiger partial charge in [0.15, 0.2) is 0 Å². The Balaban J connectivity index is 1.89. The molecule has 0 bridgehead atoms. The summed E-state index contributed by atoms with van der Waals surface area (Å²) in [7, 11) is 0. The molecule has 0 radical (unpaired) electrons. The number of nitrogens with zero attached hydrogens (tertiary/aromatic N) is 3. The maximum atomic E-state index is 12.0. The van der Waals surface area contributed by atoms with Crippen LogP contribution in [0.1, 0.15) is 52.1 Å². The van der Waals surface area contributed by atoms with Gasteiger partial charge < -0.3 is 10.2 Å². The highest BCUT2D eigenvalue weighted by Gasteiger charge is 2.24. The zero-order chi connectivity index (χ0) is 15.4. The number of carbonyl (C=O) groups is 1. The van der Waals surface area contributed by atoms with Gasteiger partial charge in [-0.25, -0.2) is 9.97 Å². The summed E-state index contributed by atoms with van der Waals surface area (Å²) in [5, 5.41) is 3.48. The number of hydrogen-bond donors (Lipinski definition) is 1. The lowest BCUT2D eigenvalue weighted by Crippen LogP contribution is -2.44. The van der Waals surface area contributed by atoms with Crippen molar-refractivity contribution in [1.82, 2.24) is 14.9 Å². The lowest BCUT2D eigenvalue weighted by molar-refractivity contribution is -0.135. The van der Waals surface area contributed by atoms with E-state index in [4.69, 9.17) is 0 Å². The average Bonchev–Trinajstić information content (AvgIpc) is 2.47. The SMILES string of the molecule is CC(C)C(=O)N1CCC(Nc2cc(C(C)C)ncn2)CC1. The molecule has 1 saturated heterocycles. The molecule has 2 rings (SSSR count). The summed E-state index contributed by atoms with van der Waals surface area (Å²) in [5.41, 5.74) is 1.06. The molecule has 1 N–H and O–H groups in total. The van der Waals surface area contributed by atoms with E-state index in [1.54, 1.807) is 6.33 Å². The van der Waals surface area contributed by atoms with E-state index in [2.05, 4.69) is 29.1 Å². The fraction of sp³-hybridized carbons (Fsp3) is 0.688. The first kappa shape index (κ1) is 15.7. The van der Waals surface area contributed by atoms with Crippen molar-refractivity contribution in [3.05, 3.63) is 18.1 Å². The van der Waals surface area contributed by atoms with Crippen molar-refractivity contribution < 1.29 is 4.79 Å². The Morgan fingerprint density at radius 2 is 1.90 bits per heavy atom. The van der Waals surface area contributed by atoms with Crippen LogP contribution in [-0.4, -0.2) is 39.9 Å². The molecule has 116 valence electrons. The standard InChI is InChI=1S/C16H26N4O/c1-11(2)14-9-15(18-10-17-14)19-13-5-7-20(8-6-13)16(21)12(3)4/h9-13H,5-8H2,1-4H3,(H,17,18,19). The first-order valence-electron chi connectivity index (χ1n) is 7.84. The quantitative estimate of drug-likeness (QED) is 0.926. The number of hydrogen-bond acceptors (Lipinski definition) is 4. The van der Waals surface area contributed by atoms with Crippen LogP contribution in [0.15, 0.2) is 12.4 Å². The van der Waals surface area contributed by atoms with E-state index in [0.29, 0.717) is 12.0 Å². The molecule has 1 fully saturated rings. The van der Waals surface area contributed by atoms with Crippen molar-refractivity contribution >= 4 is 11.7 Å². The van der Waals surface area contributed by atoms with Crippen molar-refractivity contribution in [3.63, 3.8) is 0 Å². The van der Waals surface area contributed by atoms with E-state index in [9.17, 15) is 4.79 Å². The van der Waals surface area contributed by atoms with E-state index in [1.165, 1.54) is 0 Å². The molecule has 1 aliphatic heterocycles. The molecule has 1 aromatic heterocycles. The molecule has 0 unspecified atom stereocenters. The molecule has 5 heteroatoms. The lowest BCUT2D eigenvalue weighted by Gasteiger charge is -2.33. The van der Waals surface area contributed by atoms with E-state index in [1.807, 2.05) is 24.8 Å². The van der Waals surface area contributed by atoms with Gasteiger partial charge in [-0.1, -0.05) is 27.7 Å². The van der Waals surface area contributed by atoms with Crippen LogP contribution in [0.5, 0.6) is 0 Å². The Morgan fingerprint density at radius 1 is 1.24 bits per heavy atom. The predicted octanol–water partition coefficient (Wildman–Crippen LogP) is 2.66. The van der Waals surface area contributed by atoms with Gasteiger partial charge in [0.05, 0.1) is 0 Å². The molecular weight excluding hydrogens is 264 g/mol. The van der Waals surface area contributed by atoms with Gasteiger partial charge in [0.2, 0.25) is 5.91 Å². The number of nitrogens with one attached hydrogen (secondary N) is 1. The van der Waals surface area contributed by atoms with Gasteiger partial charge in [-0.05, 0) is 18.8 Å². The third-order valence-electron chi connectivity index (χ3n) is 3.93. The summed E-state index contributed by atoms with van der Waals surface area (Å²) in [4.78, 5) is 22.5. The number of carbonyl (C=O) groups excluding carboxylic acids is 1. The second kappa shape index (κ2) is 6.87. The van der Waals surface area contributed by atoms with Gasteiger partial charge in [0.1, 0.15) is 12.1 Å². The van der Waals surface area contributed by atoms with E-state index in [-0.39, 0.29) is 11.8 Å². The van der Waals surface area contributed by atoms with Gasteiger partial charge >= 0.3 is 0 Å². The number of amides is 1. The molecule has 0 aliphatic carbocycles. The Morgan fingerprint density at radius 3 is 2.48 bits per heavy atom. The predicted molar refractivity (Wildman–Crippen MR) is 84.2 cm³/mol. The third kappa shape index (κ3) is 4.16. The highest BCUT2D eigenvalue weighted by Crippen LogP contribution is 2.19. The maximum Gasteiger partial charge on any atom is 0.225 e. The topological polar surface area (TPSA) is 58.1 Å². The van der Waals surface area contributed by atoms with Crippen LogP contribution in [0.25, 0.3) is 0 Å². The van der Waals surface area contributed by atoms with Crippen LogP contribution < -0.4 is 5.32 Å². The Bertz CT molecular complexity index is 479. The number of likely N-dealkylation sites (tertiary alicyclic amines) is 1. The van der Waals surface area contributed by atoms with Crippen LogP contribution in [0.2, 0.25) is 0 Å². The zero-order valence-electron chi connectivity index (χ0n) is 13.5. The molecule has 2 heterocycles. The molecule has 1 aromatic rings.